The summed E-state index contributed by atoms with van der Waals surface area (Å²) >= 11 is 0. The van der Waals surface area contributed by atoms with Crippen molar-refractivity contribution in [1.82, 2.24) is 15.3 Å². The highest BCUT2D eigenvalue weighted by molar-refractivity contribution is 5.05. The van der Waals surface area contributed by atoms with Gasteiger partial charge in [0.05, 0.1) is 18.1 Å². The molecule has 0 atom stereocenters. The van der Waals surface area contributed by atoms with Crippen molar-refractivity contribution >= 4 is 0 Å². The van der Waals surface area contributed by atoms with Gasteiger partial charge in [-0.05, 0) is 6.54 Å². The molecule has 1 heterocycles. The molecule has 0 bridgehead atoms. The Balaban J connectivity index is 2.69. The monoisotopic (exact) mass is 205 g/mol. The molecule has 0 radical (unpaired) electrons. The lowest BCUT2D eigenvalue weighted by Crippen LogP contribution is -2.15. The Kier molecular flexibility index (Phi) is 3.40. The Morgan fingerprint density at radius 1 is 1.29 bits per heavy atom. The third kappa shape index (κ3) is 2.95. The molecule has 0 aromatic carbocycles. The lowest BCUT2D eigenvalue weighted by Gasteiger charge is -2.05. The van der Waals surface area contributed by atoms with Crippen LogP contribution in [-0.2, 0) is 12.7 Å². The van der Waals surface area contributed by atoms with E-state index in [1.165, 1.54) is 0 Å². The largest absolute Gasteiger partial charge is 0.434 e. The smallest absolute Gasteiger partial charge is 0.311 e. The first kappa shape index (κ1) is 10.9. The quantitative estimate of drug-likeness (QED) is 0.814. The fraction of sp³-hybridized carbons (Fsp3) is 0.500. The van der Waals surface area contributed by atoms with Gasteiger partial charge < -0.3 is 5.32 Å². The number of rotatable bonds is 3. The SMILES string of the molecule is CCNCc1cnc(C(F)(F)F)cn1. The van der Waals surface area contributed by atoms with Crippen LogP contribution in [0.3, 0.4) is 0 Å². The van der Waals surface area contributed by atoms with Gasteiger partial charge >= 0.3 is 6.18 Å². The highest BCUT2D eigenvalue weighted by Gasteiger charge is 2.32. The highest BCUT2D eigenvalue weighted by atomic mass is 19.4. The molecule has 0 aliphatic rings. The molecule has 78 valence electrons. The summed E-state index contributed by atoms with van der Waals surface area (Å²) in [5, 5.41) is 2.94. The molecule has 14 heavy (non-hydrogen) atoms. The second kappa shape index (κ2) is 4.36. The summed E-state index contributed by atoms with van der Waals surface area (Å²) in [5.41, 5.74) is -0.461. The molecule has 0 fully saturated rings. The van der Waals surface area contributed by atoms with E-state index in [2.05, 4.69) is 15.3 Å². The lowest BCUT2D eigenvalue weighted by atomic mass is 10.4. The number of alkyl halides is 3. The minimum atomic E-state index is -4.41. The lowest BCUT2D eigenvalue weighted by molar-refractivity contribution is -0.141. The van der Waals surface area contributed by atoms with Gasteiger partial charge in [0.1, 0.15) is 0 Å². The molecular formula is C8H10F3N3. The van der Waals surface area contributed by atoms with Crippen LogP contribution in [0.5, 0.6) is 0 Å². The maximum absolute atomic E-state index is 12.1. The van der Waals surface area contributed by atoms with Crippen molar-refractivity contribution < 1.29 is 13.2 Å². The average molecular weight is 205 g/mol. The molecule has 1 aromatic heterocycles. The summed E-state index contributed by atoms with van der Waals surface area (Å²) < 4.78 is 36.2. The number of hydrogen-bond donors (Lipinski definition) is 1. The normalized spacial score (nSPS) is 11.7. The zero-order valence-electron chi connectivity index (χ0n) is 7.60. The van der Waals surface area contributed by atoms with Crippen LogP contribution in [0.4, 0.5) is 13.2 Å². The highest BCUT2D eigenvalue weighted by Crippen LogP contribution is 2.26. The molecule has 0 amide bonds. The number of nitrogens with one attached hydrogen (secondary N) is 1. The van der Waals surface area contributed by atoms with Crippen molar-refractivity contribution in [2.24, 2.45) is 0 Å². The van der Waals surface area contributed by atoms with Gasteiger partial charge in [0.15, 0.2) is 5.69 Å². The number of halogens is 3. The van der Waals surface area contributed by atoms with E-state index in [1.54, 1.807) is 0 Å². The number of hydrogen-bond acceptors (Lipinski definition) is 3. The minimum absolute atomic E-state index is 0.432. The topological polar surface area (TPSA) is 37.8 Å². The Morgan fingerprint density at radius 2 is 2.00 bits per heavy atom. The predicted molar refractivity (Wildman–Crippen MR) is 44.4 cm³/mol. The first-order chi connectivity index (χ1) is 6.54. The molecule has 0 unspecified atom stereocenters. The van der Waals surface area contributed by atoms with Gasteiger partial charge in [0.25, 0.3) is 0 Å². The molecule has 6 heteroatoms. The van der Waals surface area contributed by atoms with Crippen LogP contribution in [0, 0.1) is 0 Å². The molecule has 1 rings (SSSR count). The van der Waals surface area contributed by atoms with Crippen LogP contribution >= 0.6 is 0 Å². The van der Waals surface area contributed by atoms with Gasteiger partial charge in [-0.2, -0.15) is 13.2 Å². The summed E-state index contributed by atoms with van der Waals surface area (Å²) in [6, 6.07) is 0. The van der Waals surface area contributed by atoms with E-state index in [0.717, 1.165) is 18.9 Å². The number of nitrogens with zero attached hydrogens (tertiary/aromatic N) is 2. The zero-order valence-corrected chi connectivity index (χ0v) is 7.60. The summed E-state index contributed by atoms with van der Waals surface area (Å²) in [6.07, 6.45) is -2.54. The van der Waals surface area contributed by atoms with Crippen LogP contribution < -0.4 is 5.32 Å². The van der Waals surface area contributed by atoms with E-state index in [4.69, 9.17) is 0 Å². The fourth-order valence-corrected chi connectivity index (χ4v) is 0.846. The fourth-order valence-electron chi connectivity index (χ4n) is 0.846. The van der Waals surface area contributed by atoms with Gasteiger partial charge in [-0.1, -0.05) is 6.92 Å². The van der Waals surface area contributed by atoms with Crippen LogP contribution in [0.25, 0.3) is 0 Å². The van der Waals surface area contributed by atoms with Gasteiger partial charge in [0.2, 0.25) is 0 Å². The minimum Gasteiger partial charge on any atom is -0.311 e. The van der Waals surface area contributed by atoms with Crippen LogP contribution in [0.2, 0.25) is 0 Å². The Hall–Kier alpha value is -1.17. The van der Waals surface area contributed by atoms with Crippen LogP contribution in [-0.4, -0.2) is 16.5 Å². The Bertz CT molecular complexity index is 281. The van der Waals surface area contributed by atoms with Gasteiger partial charge in [0, 0.05) is 6.54 Å². The first-order valence-electron chi connectivity index (χ1n) is 4.13. The van der Waals surface area contributed by atoms with Crippen molar-refractivity contribution in [2.75, 3.05) is 6.54 Å². The average Bonchev–Trinajstić information content (AvgIpc) is 2.14. The summed E-state index contributed by atoms with van der Waals surface area (Å²) in [6.45, 7) is 3.07. The van der Waals surface area contributed by atoms with E-state index >= 15 is 0 Å². The van der Waals surface area contributed by atoms with E-state index in [1.807, 2.05) is 6.92 Å². The Labute approximate surface area is 79.4 Å². The third-order valence-electron chi connectivity index (χ3n) is 1.55. The standard InChI is InChI=1S/C8H10F3N3/c1-2-12-3-6-4-14-7(5-13-6)8(9,10)11/h4-5,12H,2-3H2,1H3. The molecule has 0 aliphatic carbocycles. The predicted octanol–water partition coefficient (Wildman–Crippen LogP) is 1.60. The van der Waals surface area contributed by atoms with Crippen molar-refractivity contribution in [3.05, 3.63) is 23.8 Å². The van der Waals surface area contributed by atoms with Gasteiger partial charge in [-0.3, -0.25) is 4.98 Å². The maximum atomic E-state index is 12.1. The van der Waals surface area contributed by atoms with Crippen molar-refractivity contribution in [1.29, 1.82) is 0 Å². The molecule has 0 aliphatic heterocycles. The second-order valence-electron chi connectivity index (χ2n) is 2.67. The van der Waals surface area contributed by atoms with E-state index in [9.17, 15) is 13.2 Å². The summed E-state index contributed by atoms with van der Waals surface area (Å²) in [5.74, 6) is 0. The molecule has 1 aromatic rings. The molecule has 0 spiro atoms. The molecule has 0 saturated carbocycles. The van der Waals surface area contributed by atoms with E-state index < -0.39 is 11.9 Å². The van der Waals surface area contributed by atoms with Crippen LogP contribution in [0.1, 0.15) is 18.3 Å². The molecular weight excluding hydrogens is 195 g/mol. The van der Waals surface area contributed by atoms with Crippen molar-refractivity contribution in [2.45, 2.75) is 19.6 Å². The van der Waals surface area contributed by atoms with Gasteiger partial charge in [-0.25, -0.2) is 4.98 Å². The zero-order chi connectivity index (χ0) is 10.6. The maximum Gasteiger partial charge on any atom is 0.434 e. The molecule has 3 nitrogen and oxygen atoms in total. The summed E-state index contributed by atoms with van der Waals surface area (Å²) in [7, 11) is 0. The van der Waals surface area contributed by atoms with E-state index in [-0.39, 0.29) is 0 Å². The van der Waals surface area contributed by atoms with E-state index in [0.29, 0.717) is 12.2 Å². The van der Waals surface area contributed by atoms with Crippen LogP contribution in [0.15, 0.2) is 12.4 Å². The molecule has 0 saturated heterocycles. The number of aromatic nitrogens is 2. The molecule has 1 N–H and O–H groups in total. The Morgan fingerprint density at radius 3 is 2.43 bits per heavy atom. The third-order valence-corrected chi connectivity index (χ3v) is 1.55. The second-order valence-corrected chi connectivity index (χ2v) is 2.67. The van der Waals surface area contributed by atoms with Gasteiger partial charge in [-0.15, -0.1) is 0 Å². The van der Waals surface area contributed by atoms with Crippen molar-refractivity contribution in [3.63, 3.8) is 0 Å². The van der Waals surface area contributed by atoms with Crippen molar-refractivity contribution in [3.8, 4) is 0 Å². The first-order valence-corrected chi connectivity index (χ1v) is 4.13. The summed E-state index contributed by atoms with van der Waals surface area (Å²) in [4.78, 5) is 6.91.